The van der Waals surface area contributed by atoms with Crippen LogP contribution in [0.3, 0.4) is 0 Å². The van der Waals surface area contributed by atoms with Gasteiger partial charge in [0.2, 0.25) is 0 Å². The highest BCUT2D eigenvalue weighted by molar-refractivity contribution is 9.10. The van der Waals surface area contributed by atoms with Crippen LogP contribution in [0.25, 0.3) is 0 Å². The van der Waals surface area contributed by atoms with Crippen molar-refractivity contribution >= 4 is 31.9 Å². The monoisotopic (exact) mass is 369 g/mol. The molecule has 1 N–H and O–H groups in total. The van der Waals surface area contributed by atoms with Gasteiger partial charge in [0.05, 0.1) is 4.47 Å². The van der Waals surface area contributed by atoms with Gasteiger partial charge >= 0.3 is 0 Å². The summed E-state index contributed by atoms with van der Waals surface area (Å²) in [6.07, 6.45) is 1.87. The van der Waals surface area contributed by atoms with Crippen molar-refractivity contribution in [3.8, 4) is 0 Å². The third-order valence-electron chi connectivity index (χ3n) is 2.66. The first-order chi connectivity index (χ1) is 8.10. The molecule has 1 atom stereocenters. The van der Waals surface area contributed by atoms with Crippen molar-refractivity contribution in [1.29, 1.82) is 0 Å². The minimum Gasteiger partial charge on any atom is -0.310 e. The minimum atomic E-state index is -0.522. The van der Waals surface area contributed by atoms with Gasteiger partial charge in [-0.1, -0.05) is 22.9 Å². The van der Waals surface area contributed by atoms with Crippen molar-refractivity contribution in [2.24, 2.45) is 0 Å². The first-order valence-electron chi connectivity index (χ1n) is 5.51. The van der Waals surface area contributed by atoms with E-state index >= 15 is 0 Å². The topological polar surface area (TPSA) is 12.0 Å². The fraction of sp³-hybridized carbons (Fsp3) is 0.500. The lowest BCUT2D eigenvalue weighted by Gasteiger charge is -2.16. The van der Waals surface area contributed by atoms with Crippen LogP contribution in [0.15, 0.2) is 16.6 Å². The summed E-state index contributed by atoms with van der Waals surface area (Å²) in [5, 5.41) is 4.04. The van der Waals surface area contributed by atoms with Crippen LogP contribution >= 0.6 is 31.9 Å². The van der Waals surface area contributed by atoms with E-state index in [0.29, 0.717) is 4.47 Å². The van der Waals surface area contributed by atoms with E-state index in [9.17, 15) is 8.78 Å². The van der Waals surface area contributed by atoms with Gasteiger partial charge in [0.1, 0.15) is 11.6 Å². The molecule has 0 bridgehead atoms. The summed E-state index contributed by atoms with van der Waals surface area (Å²) in [7, 11) is 0. The molecule has 0 spiro atoms. The van der Waals surface area contributed by atoms with Crippen LogP contribution in [-0.4, -0.2) is 11.4 Å². The fourth-order valence-electron chi connectivity index (χ4n) is 1.56. The molecule has 5 heteroatoms. The molecule has 0 saturated carbocycles. The standard InChI is InChI=1S/C12H15Br2F2N/c1-2-8(5-6-13)17-7-9-11(15)4-3-10(14)12(9)16/h3-4,8,17H,2,5-7H2,1H3. The van der Waals surface area contributed by atoms with Gasteiger partial charge < -0.3 is 5.32 Å². The zero-order chi connectivity index (χ0) is 12.8. The Morgan fingerprint density at radius 1 is 1.35 bits per heavy atom. The van der Waals surface area contributed by atoms with E-state index in [-0.39, 0.29) is 18.2 Å². The lowest BCUT2D eigenvalue weighted by Crippen LogP contribution is -2.29. The highest BCUT2D eigenvalue weighted by Crippen LogP contribution is 2.21. The average molecular weight is 371 g/mol. The molecule has 0 radical (unpaired) electrons. The Balaban J connectivity index is 2.71. The predicted molar refractivity (Wildman–Crippen MR) is 73.4 cm³/mol. The lowest BCUT2D eigenvalue weighted by atomic mass is 10.1. The van der Waals surface area contributed by atoms with E-state index in [1.807, 2.05) is 6.92 Å². The molecule has 0 aliphatic carbocycles. The fourth-order valence-corrected chi connectivity index (χ4v) is 2.48. The summed E-state index contributed by atoms with van der Waals surface area (Å²) in [5.74, 6) is -1.03. The van der Waals surface area contributed by atoms with Crippen molar-refractivity contribution in [3.63, 3.8) is 0 Å². The Kier molecular flexibility index (Phi) is 6.59. The van der Waals surface area contributed by atoms with Crippen LogP contribution in [0, 0.1) is 11.6 Å². The normalized spacial score (nSPS) is 12.8. The number of rotatable bonds is 6. The molecular formula is C12H15Br2F2N. The molecule has 0 heterocycles. The number of nitrogens with one attached hydrogen (secondary N) is 1. The summed E-state index contributed by atoms with van der Waals surface area (Å²) in [5.41, 5.74) is 0.0902. The van der Waals surface area contributed by atoms with E-state index in [0.717, 1.165) is 18.2 Å². The van der Waals surface area contributed by atoms with E-state index in [1.54, 1.807) is 0 Å². The van der Waals surface area contributed by atoms with Crippen LogP contribution in [0.5, 0.6) is 0 Å². The maximum atomic E-state index is 13.7. The number of hydrogen-bond donors (Lipinski definition) is 1. The Hall–Kier alpha value is -0.0000000000000000555. The van der Waals surface area contributed by atoms with Gasteiger partial charge in [0.15, 0.2) is 0 Å². The first-order valence-corrected chi connectivity index (χ1v) is 7.43. The highest BCUT2D eigenvalue weighted by Gasteiger charge is 2.13. The maximum Gasteiger partial charge on any atom is 0.144 e. The van der Waals surface area contributed by atoms with Gasteiger partial charge in [-0.15, -0.1) is 0 Å². The van der Waals surface area contributed by atoms with Crippen LogP contribution in [-0.2, 0) is 6.54 Å². The molecule has 1 aromatic rings. The van der Waals surface area contributed by atoms with Crippen molar-refractivity contribution in [2.75, 3.05) is 5.33 Å². The molecule has 1 nitrogen and oxygen atoms in total. The molecule has 1 unspecified atom stereocenters. The van der Waals surface area contributed by atoms with Crippen LogP contribution in [0.2, 0.25) is 0 Å². The Morgan fingerprint density at radius 3 is 2.65 bits per heavy atom. The second-order valence-corrected chi connectivity index (χ2v) is 5.43. The molecule has 1 rings (SSSR count). The molecule has 0 aliphatic rings. The summed E-state index contributed by atoms with van der Waals surface area (Å²) >= 11 is 6.42. The smallest absolute Gasteiger partial charge is 0.144 e. The van der Waals surface area contributed by atoms with Gasteiger partial charge in [-0.2, -0.15) is 0 Å². The maximum absolute atomic E-state index is 13.7. The van der Waals surface area contributed by atoms with Crippen LogP contribution in [0.4, 0.5) is 8.78 Å². The van der Waals surface area contributed by atoms with Gasteiger partial charge in [0.25, 0.3) is 0 Å². The molecule has 1 aromatic carbocycles. The van der Waals surface area contributed by atoms with Crippen molar-refractivity contribution < 1.29 is 8.78 Å². The van der Waals surface area contributed by atoms with E-state index in [4.69, 9.17) is 0 Å². The van der Waals surface area contributed by atoms with E-state index in [2.05, 4.69) is 37.2 Å². The SMILES string of the molecule is CCC(CCBr)NCc1c(F)ccc(Br)c1F. The molecule has 0 saturated heterocycles. The van der Waals surface area contributed by atoms with Crippen LogP contribution < -0.4 is 5.32 Å². The summed E-state index contributed by atoms with van der Waals surface area (Å²) < 4.78 is 27.4. The molecule has 0 aromatic heterocycles. The van der Waals surface area contributed by atoms with Crippen molar-refractivity contribution in [1.82, 2.24) is 5.32 Å². The Morgan fingerprint density at radius 2 is 2.06 bits per heavy atom. The molecule has 0 amide bonds. The molecular weight excluding hydrogens is 356 g/mol. The third-order valence-corrected chi connectivity index (χ3v) is 3.73. The number of halogens is 4. The summed E-state index contributed by atoms with van der Waals surface area (Å²) in [4.78, 5) is 0. The summed E-state index contributed by atoms with van der Waals surface area (Å²) in [6, 6.07) is 2.92. The zero-order valence-corrected chi connectivity index (χ0v) is 12.7. The van der Waals surface area contributed by atoms with Gasteiger partial charge in [-0.3, -0.25) is 0 Å². The predicted octanol–water partition coefficient (Wildman–Crippen LogP) is 4.38. The van der Waals surface area contributed by atoms with Gasteiger partial charge in [-0.25, -0.2) is 8.78 Å². The molecule has 0 aliphatic heterocycles. The second-order valence-electron chi connectivity index (χ2n) is 3.79. The van der Waals surface area contributed by atoms with Gasteiger partial charge in [-0.05, 0) is 40.9 Å². The van der Waals surface area contributed by atoms with Crippen molar-refractivity contribution in [3.05, 3.63) is 33.8 Å². The Bertz CT molecular complexity index is 372. The average Bonchev–Trinajstić information content (AvgIpc) is 2.32. The number of benzene rings is 1. The van der Waals surface area contributed by atoms with Crippen molar-refractivity contribution in [2.45, 2.75) is 32.4 Å². The van der Waals surface area contributed by atoms with E-state index in [1.165, 1.54) is 12.1 Å². The summed E-state index contributed by atoms with van der Waals surface area (Å²) in [6.45, 7) is 2.26. The number of alkyl halides is 1. The first kappa shape index (κ1) is 15.1. The van der Waals surface area contributed by atoms with Crippen LogP contribution in [0.1, 0.15) is 25.3 Å². The zero-order valence-electron chi connectivity index (χ0n) is 9.57. The number of hydrogen-bond acceptors (Lipinski definition) is 1. The Labute approximate surface area is 117 Å². The third kappa shape index (κ3) is 4.30. The molecule has 17 heavy (non-hydrogen) atoms. The largest absolute Gasteiger partial charge is 0.310 e. The highest BCUT2D eigenvalue weighted by atomic mass is 79.9. The van der Waals surface area contributed by atoms with Gasteiger partial charge in [0, 0.05) is 23.5 Å². The second kappa shape index (κ2) is 7.44. The lowest BCUT2D eigenvalue weighted by molar-refractivity contribution is 0.463. The quantitative estimate of drug-likeness (QED) is 0.578. The molecule has 0 fully saturated rings. The minimum absolute atomic E-state index is 0.0902. The van der Waals surface area contributed by atoms with E-state index < -0.39 is 11.6 Å². The molecule has 96 valence electrons.